The highest BCUT2D eigenvalue weighted by atomic mass is 16.5. The first-order valence-electron chi connectivity index (χ1n) is 12.9. The molecule has 1 unspecified atom stereocenters. The Morgan fingerprint density at radius 1 is 0.925 bits per heavy atom. The van der Waals surface area contributed by atoms with E-state index in [4.69, 9.17) is 14.2 Å². The number of rotatable bonds is 7. The Bertz CT molecular complexity index is 1480. The summed E-state index contributed by atoms with van der Waals surface area (Å²) in [5.41, 5.74) is 2.10. The third-order valence-corrected chi connectivity index (χ3v) is 6.79. The van der Waals surface area contributed by atoms with E-state index < -0.39 is 23.7 Å². The van der Waals surface area contributed by atoms with Crippen LogP contribution in [0.15, 0.2) is 72.3 Å². The number of carbonyl (C=O) groups is 3. The van der Waals surface area contributed by atoms with E-state index in [1.807, 2.05) is 20.8 Å². The van der Waals surface area contributed by atoms with Gasteiger partial charge in [0.2, 0.25) is 0 Å². The quantitative estimate of drug-likeness (QED) is 0.174. The molecule has 8 heteroatoms. The van der Waals surface area contributed by atoms with Gasteiger partial charge in [-0.05, 0) is 72.5 Å². The molecule has 1 saturated heterocycles. The lowest BCUT2D eigenvalue weighted by Gasteiger charge is -2.26. The number of benzene rings is 3. The second-order valence-corrected chi connectivity index (χ2v) is 10.4. The fourth-order valence-electron chi connectivity index (χ4n) is 4.80. The molecule has 208 valence electrons. The molecule has 3 aromatic rings. The highest BCUT2D eigenvalue weighted by molar-refractivity contribution is 6.51. The number of hydrogen-bond acceptors (Lipinski definition) is 7. The molecular weight excluding hydrogens is 510 g/mol. The van der Waals surface area contributed by atoms with Crippen molar-refractivity contribution in [2.45, 2.75) is 39.2 Å². The summed E-state index contributed by atoms with van der Waals surface area (Å²) >= 11 is 0. The number of hydrogen-bond donors (Lipinski definition) is 1. The first-order chi connectivity index (χ1) is 19.0. The molecule has 0 aliphatic carbocycles. The summed E-state index contributed by atoms with van der Waals surface area (Å²) in [6, 6.07) is 17.4. The highest BCUT2D eigenvalue weighted by Crippen LogP contribution is 2.43. The smallest absolute Gasteiger partial charge is 0.338 e. The fraction of sp³-hybridized carbons (Fsp3) is 0.281. The zero-order valence-corrected chi connectivity index (χ0v) is 23.5. The van der Waals surface area contributed by atoms with Crippen molar-refractivity contribution in [3.05, 3.63) is 94.6 Å². The SMILES string of the molecule is CCOC(=O)c1ccc(N2C(=O)C(=O)/C(=C(\O)c3ccc(OC)c(C(C)(C)C)c3)C2c2cccc(OC)c2)cc1. The minimum atomic E-state index is -0.955. The number of amides is 1. The maximum atomic E-state index is 13.6. The van der Waals surface area contributed by atoms with Crippen LogP contribution >= 0.6 is 0 Å². The van der Waals surface area contributed by atoms with Crippen LogP contribution in [0, 0.1) is 0 Å². The van der Waals surface area contributed by atoms with Gasteiger partial charge >= 0.3 is 5.97 Å². The van der Waals surface area contributed by atoms with Crippen LogP contribution in [0.5, 0.6) is 11.5 Å². The number of ether oxygens (including phenoxy) is 3. The highest BCUT2D eigenvalue weighted by Gasteiger charge is 2.47. The van der Waals surface area contributed by atoms with Crippen molar-refractivity contribution < 1.29 is 33.7 Å². The molecule has 1 atom stereocenters. The third kappa shape index (κ3) is 5.30. The van der Waals surface area contributed by atoms with Gasteiger partial charge in [0.05, 0.1) is 38.0 Å². The molecule has 0 bridgehead atoms. The maximum Gasteiger partial charge on any atom is 0.338 e. The number of aliphatic hydroxyl groups is 1. The minimum Gasteiger partial charge on any atom is -0.507 e. The van der Waals surface area contributed by atoms with Crippen LogP contribution in [-0.4, -0.2) is 43.6 Å². The lowest BCUT2D eigenvalue weighted by atomic mass is 9.84. The molecule has 8 nitrogen and oxygen atoms in total. The van der Waals surface area contributed by atoms with Crippen molar-refractivity contribution in [2.24, 2.45) is 0 Å². The van der Waals surface area contributed by atoms with Gasteiger partial charge in [0.25, 0.3) is 11.7 Å². The average Bonchev–Trinajstić information content (AvgIpc) is 3.22. The Labute approximate surface area is 233 Å². The lowest BCUT2D eigenvalue weighted by Crippen LogP contribution is -2.29. The van der Waals surface area contributed by atoms with Crippen molar-refractivity contribution in [3.63, 3.8) is 0 Å². The number of Topliss-reactive ketones (excluding diaryl/α,β-unsaturated/α-hetero) is 1. The van der Waals surface area contributed by atoms with Crippen molar-refractivity contribution >= 4 is 29.1 Å². The van der Waals surface area contributed by atoms with E-state index in [-0.39, 0.29) is 23.4 Å². The average molecular weight is 544 g/mol. The third-order valence-electron chi connectivity index (χ3n) is 6.79. The zero-order valence-electron chi connectivity index (χ0n) is 23.5. The summed E-state index contributed by atoms with van der Waals surface area (Å²) in [6.07, 6.45) is 0. The molecule has 0 radical (unpaired) electrons. The van der Waals surface area contributed by atoms with E-state index >= 15 is 0 Å². The lowest BCUT2D eigenvalue weighted by molar-refractivity contribution is -0.132. The molecule has 0 saturated carbocycles. The summed E-state index contributed by atoms with van der Waals surface area (Å²) in [7, 11) is 3.10. The number of methoxy groups -OCH3 is 2. The second-order valence-electron chi connectivity index (χ2n) is 10.4. The summed E-state index contributed by atoms with van der Waals surface area (Å²) in [5, 5.41) is 11.6. The van der Waals surface area contributed by atoms with E-state index in [0.29, 0.717) is 33.9 Å². The number of aliphatic hydroxyl groups excluding tert-OH is 1. The van der Waals surface area contributed by atoms with Gasteiger partial charge < -0.3 is 19.3 Å². The van der Waals surface area contributed by atoms with Crippen molar-refractivity contribution in [3.8, 4) is 11.5 Å². The fourth-order valence-corrected chi connectivity index (χ4v) is 4.80. The van der Waals surface area contributed by atoms with Gasteiger partial charge in [-0.2, -0.15) is 0 Å². The molecule has 1 aliphatic rings. The standard InChI is InChI=1S/C32H33NO7/c1-7-40-31(37)19-11-14-22(15-12-19)33-27(20-9-8-10-23(17-20)38-5)26(29(35)30(33)36)28(34)21-13-16-25(39-6)24(18-21)32(2,3)4/h8-18,27,34H,7H2,1-6H3/b28-26-. The van der Waals surface area contributed by atoms with Gasteiger partial charge in [-0.1, -0.05) is 32.9 Å². The van der Waals surface area contributed by atoms with Crippen LogP contribution in [0.25, 0.3) is 5.76 Å². The molecule has 40 heavy (non-hydrogen) atoms. The maximum absolute atomic E-state index is 13.6. The topological polar surface area (TPSA) is 102 Å². The Hall–Kier alpha value is -4.59. The van der Waals surface area contributed by atoms with Gasteiger partial charge in [-0.3, -0.25) is 14.5 Å². The molecule has 1 fully saturated rings. The first kappa shape index (κ1) is 28.4. The van der Waals surface area contributed by atoms with E-state index in [9.17, 15) is 19.5 Å². The summed E-state index contributed by atoms with van der Waals surface area (Å²) in [4.78, 5) is 40.6. The van der Waals surface area contributed by atoms with Crippen LogP contribution in [0.4, 0.5) is 5.69 Å². The van der Waals surface area contributed by atoms with Gasteiger partial charge in [-0.25, -0.2) is 4.79 Å². The molecule has 0 spiro atoms. The van der Waals surface area contributed by atoms with Crippen LogP contribution in [0.2, 0.25) is 0 Å². The number of nitrogens with zero attached hydrogens (tertiary/aromatic N) is 1. The first-order valence-corrected chi connectivity index (χ1v) is 12.9. The number of esters is 1. The van der Waals surface area contributed by atoms with Crippen molar-refractivity contribution in [2.75, 3.05) is 25.7 Å². The molecular formula is C32H33NO7. The van der Waals surface area contributed by atoms with E-state index in [0.717, 1.165) is 5.56 Å². The summed E-state index contributed by atoms with van der Waals surface area (Å²) < 4.78 is 16.0. The van der Waals surface area contributed by atoms with E-state index in [2.05, 4.69) is 0 Å². The molecule has 1 N–H and O–H groups in total. The Balaban J connectivity index is 1.92. The number of ketones is 1. The molecule has 1 amide bonds. The van der Waals surface area contributed by atoms with Crippen LogP contribution < -0.4 is 14.4 Å². The largest absolute Gasteiger partial charge is 0.507 e. The van der Waals surface area contributed by atoms with Crippen molar-refractivity contribution in [1.29, 1.82) is 0 Å². The van der Waals surface area contributed by atoms with Crippen LogP contribution in [0.3, 0.4) is 0 Å². The molecule has 3 aromatic carbocycles. The number of carbonyl (C=O) groups excluding carboxylic acids is 3. The zero-order chi connectivity index (χ0) is 29.2. The normalized spacial score (nSPS) is 16.6. The predicted molar refractivity (Wildman–Crippen MR) is 152 cm³/mol. The Morgan fingerprint density at radius 3 is 2.20 bits per heavy atom. The van der Waals surface area contributed by atoms with E-state index in [1.54, 1.807) is 68.6 Å². The summed E-state index contributed by atoms with van der Waals surface area (Å²) in [5.74, 6) is -1.24. The van der Waals surface area contributed by atoms with Gasteiger partial charge in [0.1, 0.15) is 17.3 Å². The van der Waals surface area contributed by atoms with Crippen molar-refractivity contribution in [1.82, 2.24) is 0 Å². The van der Waals surface area contributed by atoms with Gasteiger partial charge in [0, 0.05) is 16.8 Å². The predicted octanol–water partition coefficient (Wildman–Crippen LogP) is 5.80. The van der Waals surface area contributed by atoms with Crippen LogP contribution in [-0.2, 0) is 19.7 Å². The Kier molecular flexibility index (Phi) is 8.00. The molecule has 4 rings (SSSR count). The Morgan fingerprint density at radius 2 is 1.60 bits per heavy atom. The molecule has 1 heterocycles. The second kappa shape index (κ2) is 11.3. The monoisotopic (exact) mass is 543 g/mol. The summed E-state index contributed by atoms with van der Waals surface area (Å²) in [6.45, 7) is 8.00. The minimum absolute atomic E-state index is 0.0576. The molecule has 1 aliphatic heterocycles. The van der Waals surface area contributed by atoms with Gasteiger partial charge in [0.15, 0.2) is 0 Å². The van der Waals surface area contributed by atoms with Crippen LogP contribution in [0.1, 0.15) is 60.8 Å². The molecule has 0 aromatic heterocycles. The number of anilines is 1. The van der Waals surface area contributed by atoms with E-state index in [1.165, 1.54) is 24.1 Å². The van der Waals surface area contributed by atoms with Gasteiger partial charge in [-0.15, -0.1) is 0 Å².